The molecule has 0 aromatic rings. The topological polar surface area (TPSA) is 52.9 Å². The fraction of sp³-hybridized carbons (Fsp3) is 1.00. The van der Waals surface area contributed by atoms with Gasteiger partial charge in [0.15, 0.2) is 0 Å². The first-order chi connectivity index (χ1) is 9.45. The van der Waals surface area contributed by atoms with Crippen LogP contribution in [0.5, 0.6) is 0 Å². The summed E-state index contributed by atoms with van der Waals surface area (Å²) in [6, 6.07) is 0. The second-order valence-electron chi connectivity index (χ2n) is 7.26. The van der Waals surface area contributed by atoms with E-state index in [1.165, 1.54) is 19.3 Å². The van der Waals surface area contributed by atoms with Crippen LogP contribution in [0.15, 0.2) is 0 Å². The van der Waals surface area contributed by atoms with Crippen LogP contribution in [0.1, 0.15) is 40.0 Å². The van der Waals surface area contributed by atoms with E-state index in [9.17, 15) is 0 Å². The molecule has 0 heterocycles. The van der Waals surface area contributed by atoms with Crippen molar-refractivity contribution >= 4 is 0 Å². The highest BCUT2D eigenvalue weighted by atomic mass is 16.5. The predicted molar refractivity (Wildman–Crippen MR) is 79.6 cm³/mol. The van der Waals surface area contributed by atoms with Gasteiger partial charge in [-0.25, -0.2) is 0 Å². The van der Waals surface area contributed by atoms with E-state index in [0.29, 0.717) is 36.6 Å². The molecule has 2 saturated carbocycles. The van der Waals surface area contributed by atoms with Crippen molar-refractivity contribution in [3.8, 4) is 0 Å². The molecule has 0 unspecified atom stereocenters. The molecule has 0 spiro atoms. The largest absolute Gasteiger partial charge is 0.395 e. The van der Waals surface area contributed by atoms with Gasteiger partial charge < -0.3 is 14.9 Å². The zero-order valence-electron chi connectivity index (χ0n) is 13.3. The summed E-state index contributed by atoms with van der Waals surface area (Å²) in [5.74, 6) is 0.809. The van der Waals surface area contributed by atoms with Gasteiger partial charge >= 0.3 is 0 Å². The van der Waals surface area contributed by atoms with Gasteiger partial charge in [0.2, 0.25) is 0 Å². The Labute approximate surface area is 123 Å². The monoisotopic (exact) mass is 285 g/mol. The van der Waals surface area contributed by atoms with Gasteiger partial charge in [0.05, 0.1) is 25.9 Å². The van der Waals surface area contributed by atoms with E-state index in [1.807, 2.05) is 0 Å². The Morgan fingerprint density at radius 2 is 1.75 bits per heavy atom. The maximum Gasteiger partial charge on any atom is 0.0637 e. The fourth-order valence-corrected chi connectivity index (χ4v) is 4.32. The van der Waals surface area contributed by atoms with Crippen molar-refractivity contribution in [3.05, 3.63) is 0 Å². The second kappa shape index (κ2) is 6.30. The molecule has 2 fully saturated rings. The number of rotatable bonds is 8. The van der Waals surface area contributed by atoms with E-state index >= 15 is 0 Å². The molecule has 0 radical (unpaired) electrons. The summed E-state index contributed by atoms with van der Waals surface area (Å²) in [5.41, 5.74) is 0.712. The van der Waals surface area contributed by atoms with E-state index in [2.05, 4.69) is 25.7 Å². The number of ether oxygens (including phenoxy) is 1. The summed E-state index contributed by atoms with van der Waals surface area (Å²) in [6.45, 7) is 10.2. The number of nitrogens with zero attached hydrogens (tertiary/aromatic N) is 1. The number of fused-ring (bicyclic) bond motifs is 2. The Kier molecular flexibility index (Phi) is 5.11. The van der Waals surface area contributed by atoms with Crippen molar-refractivity contribution in [2.24, 2.45) is 16.7 Å². The second-order valence-corrected chi connectivity index (χ2v) is 7.26. The van der Waals surface area contributed by atoms with Crippen LogP contribution in [-0.4, -0.2) is 60.7 Å². The Bertz CT molecular complexity index is 315. The minimum atomic E-state index is 0.135. The first-order valence-corrected chi connectivity index (χ1v) is 8.01. The van der Waals surface area contributed by atoms with Crippen LogP contribution in [0.25, 0.3) is 0 Å². The third kappa shape index (κ3) is 2.76. The lowest BCUT2D eigenvalue weighted by molar-refractivity contribution is -0.0529. The van der Waals surface area contributed by atoms with Crippen molar-refractivity contribution in [2.75, 3.05) is 39.5 Å². The van der Waals surface area contributed by atoms with Gasteiger partial charge in [0.1, 0.15) is 0 Å². The Hall–Kier alpha value is -0.160. The highest BCUT2D eigenvalue weighted by Gasteiger charge is 2.61. The van der Waals surface area contributed by atoms with Crippen molar-refractivity contribution in [3.63, 3.8) is 0 Å². The van der Waals surface area contributed by atoms with E-state index < -0.39 is 0 Å². The zero-order chi connectivity index (χ0) is 14.8. The molecule has 20 heavy (non-hydrogen) atoms. The molecule has 2 bridgehead atoms. The SMILES string of the molecule is CC1(C)[C@H]2CC[C@@]1(C)[C@H](OCCN(CCO)CCO)C2. The predicted octanol–water partition coefficient (Wildman–Crippen LogP) is 1.50. The normalized spacial score (nSPS) is 35.1. The third-order valence-corrected chi connectivity index (χ3v) is 6.27. The maximum absolute atomic E-state index is 9.01. The van der Waals surface area contributed by atoms with Gasteiger partial charge in [-0.1, -0.05) is 20.8 Å². The highest BCUT2D eigenvalue weighted by Crippen LogP contribution is 2.66. The van der Waals surface area contributed by atoms with Crippen molar-refractivity contribution in [1.29, 1.82) is 0 Å². The molecular formula is C16H31NO3. The summed E-state index contributed by atoms with van der Waals surface area (Å²) in [6.07, 6.45) is 4.21. The van der Waals surface area contributed by atoms with Gasteiger partial charge in [0.25, 0.3) is 0 Å². The average Bonchev–Trinajstić information content (AvgIpc) is 2.72. The standard InChI is InChI=1S/C16H31NO3/c1-15(2)13-4-5-16(15,3)14(12-13)20-11-8-17(6-9-18)7-10-19/h13-14,18-19H,4-12H2,1-3H3/t13-,14+,16-/m0/s1. The highest BCUT2D eigenvalue weighted by molar-refractivity contribution is 5.11. The molecule has 2 aliphatic carbocycles. The average molecular weight is 285 g/mol. The molecule has 0 amide bonds. The van der Waals surface area contributed by atoms with Gasteiger partial charge in [-0.05, 0) is 36.0 Å². The van der Waals surface area contributed by atoms with Crippen LogP contribution in [0.4, 0.5) is 0 Å². The number of aliphatic hydroxyl groups excluding tert-OH is 2. The van der Waals surface area contributed by atoms with Crippen molar-refractivity contribution in [1.82, 2.24) is 4.90 Å². The minimum absolute atomic E-state index is 0.135. The molecule has 0 aromatic heterocycles. The third-order valence-electron chi connectivity index (χ3n) is 6.27. The van der Waals surface area contributed by atoms with Gasteiger partial charge in [0, 0.05) is 19.6 Å². The summed E-state index contributed by atoms with van der Waals surface area (Å²) in [4.78, 5) is 2.06. The van der Waals surface area contributed by atoms with E-state index in [1.54, 1.807) is 0 Å². The van der Waals surface area contributed by atoms with E-state index in [4.69, 9.17) is 14.9 Å². The molecule has 0 aliphatic heterocycles. The van der Waals surface area contributed by atoms with Crippen LogP contribution in [0.2, 0.25) is 0 Å². The Morgan fingerprint density at radius 3 is 2.20 bits per heavy atom. The molecule has 0 saturated heterocycles. The molecule has 4 nitrogen and oxygen atoms in total. The van der Waals surface area contributed by atoms with Gasteiger partial charge in [-0.15, -0.1) is 0 Å². The van der Waals surface area contributed by atoms with Gasteiger partial charge in [-0.2, -0.15) is 0 Å². The quantitative estimate of drug-likeness (QED) is 0.710. The first kappa shape index (κ1) is 16.2. The Balaban J connectivity index is 1.81. The first-order valence-electron chi connectivity index (χ1n) is 8.01. The lowest BCUT2D eigenvalue weighted by atomic mass is 9.70. The molecule has 2 rings (SSSR count). The molecular weight excluding hydrogens is 254 g/mol. The number of aliphatic hydroxyl groups is 2. The van der Waals surface area contributed by atoms with Gasteiger partial charge in [-0.3, -0.25) is 4.90 Å². The van der Waals surface area contributed by atoms with E-state index in [-0.39, 0.29) is 13.2 Å². The lowest BCUT2D eigenvalue weighted by Gasteiger charge is -2.39. The summed E-state index contributed by atoms with van der Waals surface area (Å²) in [5, 5.41) is 18.0. The molecule has 4 heteroatoms. The Morgan fingerprint density at radius 1 is 1.10 bits per heavy atom. The summed E-state index contributed by atoms with van der Waals surface area (Å²) in [7, 11) is 0. The maximum atomic E-state index is 9.01. The molecule has 118 valence electrons. The van der Waals surface area contributed by atoms with Crippen LogP contribution >= 0.6 is 0 Å². The van der Waals surface area contributed by atoms with Crippen molar-refractivity contribution in [2.45, 2.75) is 46.1 Å². The molecule has 2 N–H and O–H groups in total. The lowest BCUT2D eigenvalue weighted by Crippen LogP contribution is -2.39. The molecule has 3 atom stereocenters. The summed E-state index contributed by atoms with van der Waals surface area (Å²) >= 11 is 0. The van der Waals surface area contributed by atoms with Crippen molar-refractivity contribution < 1.29 is 14.9 Å². The van der Waals surface area contributed by atoms with Crippen LogP contribution in [-0.2, 0) is 4.74 Å². The minimum Gasteiger partial charge on any atom is -0.395 e. The molecule has 0 aromatic carbocycles. The summed E-state index contributed by atoms with van der Waals surface area (Å²) < 4.78 is 6.19. The number of hydrogen-bond acceptors (Lipinski definition) is 4. The number of hydrogen-bond donors (Lipinski definition) is 2. The smallest absolute Gasteiger partial charge is 0.0637 e. The van der Waals surface area contributed by atoms with E-state index in [0.717, 1.165) is 12.5 Å². The zero-order valence-corrected chi connectivity index (χ0v) is 13.3. The van der Waals surface area contributed by atoms with Crippen LogP contribution < -0.4 is 0 Å². The van der Waals surface area contributed by atoms with Crippen LogP contribution in [0.3, 0.4) is 0 Å². The van der Waals surface area contributed by atoms with Crippen LogP contribution in [0, 0.1) is 16.7 Å². The molecule has 2 aliphatic rings. The fourth-order valence-electron chi connectivity index (χ4n) is 4.32.